The van der Waals surface area contributed by atoms with Crippen LogP contribution in [0.5, 0.6) is 0 Å². The smallest absolute Gasteiger partial charge is 0.279 e. The molecular formula is C24H32N6O2Si. The Morgan fingerprint density at radius 3 is 2.64 bits per heavy atom. The minimum Gasteiger partial charge on any atom is -0.361 e. The molecular weight excluding hydrogens is 432 g/mol. The summed E-state index contributed by atoms with van der Waals surface area (Å²) in [6.07, 6.45) is 6.18. The molecule has 0 aliphatic heterocycles. The molecule has 33 heavy (non-hydrogen) atoms. The first-order valence-corrected chi connectivity index (χ1v) is 15.2. The van der Waals surface area contributed by atoms with Gasteiger partial charge >= 0.3 is 0 Å². The molecule has 0 saturated heterocycles. The Hall–Kier alpha value is -3.04. The summed E-state index contributed by atoms with van der Waals surface area (Å²) >= 11 is 0. The number of hydrogen-bond acceptors (Lipinski definition) is 5. The van der Waals surface area contributed by atoms with Gasteiger partial charge in [-0.15, -0.1) is 0 Å². The Bertz CT molecular complexity index is 1270. The van der Waals surface area contributed by atoms with E-state index in [1.807, 2.05) is 40.6 Å². The van der Waals surface area contributed by atoms with Crippen molar-refractivity contribution in [3.05, 3.63) is 65.0 Å². The third kappa shape index (κ3) is 5.48. The third-order valence-electron chi connectivity index (χ3n) is 5.49. The fourth-order valence-corrected chi connectivity index (χ4v) is 4.43. The molecule has 1 aromatic carbocycles. The zero-order valence-corrected chi connectivity index (χ0v) is 20.9. The van der Waals surface area contributed by atoms with Gasteiger partial charge in [0.15, 0.2) is 11.2 Å². The number of nitrogens with zero attached hydrogens (tertiary/aromatic N) is 6. The Morgan fingerprint density at radius 1 is 1.12 bits per heavy atom. The van der Waals surface area contributed by atoms with Crippen LogP contribution in [0.2, 0.25) is 25.7 Å². The predicted octanol–water partition coefficient (Wildman–Crippen LogP) is 4.23. The third-order valence-corrected chi connectivity index (χ3v) is 7.20. The van der Waals surface area contributed by atoms with E-state index in [0.29, 0.717) is 36.7 Å². The molecule has 0 amide bonds. The number of ether oxygens (including phenoxy) is 1. The molecule has 0 N–H and O–H groups in total. The number of hydrogen-bond donors (Lipinski definition) is 0. The van der Waals surface area contributed by atoms with E-state index in [1.165, 1.54) is 5.56 Å². The van der Waals surface area contributed by atoms with Gasteiger partial charge in [-0.05, 0) is 18.0 Å². The second kappa shape index (κ2) is 9.84. The summed E-state index contributed by atoms with van der Waals surface area (Å²) in [5.74, 6) is 0.649. The second-order valence-corrected chi connectivity index (χ2v) is 15.2. The molecule has 0 radical (unpaired) electrons. The van der Waals surface area contributed by atoms with Crippen LogP contribution in [-0.4, -0.2) is 43.6 Å². The predicted molar refractivity (Wildman–Crippen MR) is 133 cm³/mol. The van der Waals surface area contributed by atoms with Gasteiger partial charge < -0.3 is 4.74 Å². The van der Waals surface area contributed by atoms with Gasteiger partial charge in [-0.3, -0.25) is 18.6 Å². The molecule has 0 fully saturated rings. The monoisotopic (exact) mass is 464 g/mol. The van der Waals surface area contributed by atoms with Gasteiger partial charge in [-0.2, -0.15) is 5.10 Å². The van der Waals surface area contributed by atoms with E-state index in [1.54, 1.807) is 17.1 Å². The van der Waals surface area contributed by atoms with Crippen molar-refractivity contribution in [2.75, 3.05) is 6.61 Å². The van der Waals surface area contributed by atoms with Crippen LogP contribution in [0, 0.1) is 0 Å². The summed E-state index contributed by atoms with van der Waals surface area (Å²) < 4.78 is 11.4. The average molecular weight is 465 g/mol. The molecule has 8 nitrogen and oxygen atoms in total. The maximum atomic E-state index is 13.2. The van der Waals surface area contributed by atoms with E-state index in [0.717, 1.165) is 18.0 Å². The molecule has 4 rings (SSSR count). The Kier molecular flexibility index (Phi) is 6.90. The van der Waals surface area contributed by atoms with Crippen LogP contribution in [0.15, 0.2) is 53.8 Å². The molecule has 0 aliphatic rings. The quantitative estimate of drug-likeness (QED) is 0.259. The molecule has 0 atom stereocenters. The highest BCUT2D eigenvalue weighted by Crippen LogP contribution is 2.22. The molecule has 0 aliphatic carbocycles. The maximum absolute atomic E-state index is 13.2. The number of aryl methyl sites for hydroxylation is 1. The lowest BCUT2D eigenvalue weighted by atomic mass is 10.2. The first-order valence-electron chi connectivity index (χ1n) is 11.5. The molecule has 4 aromatic rings. The van der Waals surface area contributed by atoms with Crippen LogP contribution in [0.25, 0.3) is 22.6 Å². The lowest BCUT2D eigenvalue weighted by molar-refractivity contribution is 0.0908. The first-order chi connectivity index (χ1) is 15.9. The normalized spacial score (nSPS) is 12.0. The zero-order valence-electron chi connectivity index (χ0n) is 19.9. The highest BCUT2D eigenvalue weighted by atomic mass is 28.3. The lowest BCUT2D eigenvalue weighted by Crippen LogP contribution is -2.24. The second-order valence-electron chi connectivity index (χ2n) is 9.54. The van der Waals surface area contributed by atoms with Gasteiger partial charge in [0.25, 0.3) is 5.56 Å². The van der Waals surface area contributed by atoms with E-state index in [-0.39, 0.29) is 12.3 Å². The van der Waals surface area contributed by atoms with Crippen molar-refractivity contribution in [1.29, 1.82) is 0 Å². The van der Waals surface area contributed by atoms with Crippen molar-refractivity contribution in [2.24, 2.45) is 0 Å². The van der Waals surface area contributed by atoms with Crippen molar-refractivity contribution in [1.82, 2.24) is 28.9 Å². The molecule has 3 aromatic heterocycles. The van der Waals surface area contributed by atoms with Crippen LogP contribution >= 0.6 is 0 Å². The van der Waals surface area contributed by atoms with Gasteiger partial charge in [0.05, 0.1) is 18.3 Å². The van der Waals surface area contributed by atoms with E-state index in [2.05, 4.69) is 41.9 Å². The fourth-order valence-electron chi connectivity index (χ4n) is 3.67. The SMILES string of the molecule is CCCn1cnc2nc(-c3cnn(Cc4ccccc4)c3)n(COCC[Si](C)(C)C)c2c1=O. The Balaban J connectivity index is 1.69. The first kappa shape index (κ1) is 23.1. The summed E-state index contributed by atoms with van der Waals surface area (Å²) in [6.45, 7) is 11.2. The van der Waals surface area contributed by atoms with Crippen LogP contribution in [-0.2, 0) is 24.6 Å². The minimum atomic E-state index is -1.22. The molecule has 9 heteroatoms. The summed E-state index contributed by atoms with van der Waals surface area (Å²) in [4.78, 5) is 22.4. The molecule has 174 valence electrons. The Labute approximate surface area is 194 Å². The van der Waals surface area contributed by atoms with Crippen molar-refractivity contribution in [2.45, 2.75) is 58.9 Å². The number of fused-ring (bicyclic) bond motifs is 1. The van der Waals surface area contributed by atoms with Crippen LogP contribution < -0.4 is 5.56 Å². The highest BCUT2D eigenvalue weighted by Gasteiger charge is 2.20. The van der Waals surface area contributed by atoms with Crippen LogP contribution in [0.3, 0.4) is 0 Å². The average Bonchev–Trinajstić information content (AvgIpc) is 3.38. The van der Waals surface area contributed by atoms with E-state index >= 15 is 0 Å². The summed E-state index contributed by atoms with van der Waals surface area (Å²) in [5.41, 5.74) is 2.82. The lowest BCUT2D eigenvalue weighted by Gasteiger charge is -2.16. The van der Waals surface area contributed by atoms with E-state index in [4.69, 9.17) is 9.72 Å². The van der Waals surface area contributed by atoms with E-state index < -0.39 is 8.07 Å². The zero-order chi connectivity index (χ0) is 23.4. The topological polar surface area (TPSA) is 79.8 Å². The summed E-state index contributed by atoms with van der Waals surface area (Å²) in [7, 11) is -1.22. The number of aromatic nitrogens is 6. The van der Waals surface area contributed by atoms with Crippen molar-refractivity contribution in [3.8, 4) is 11.4 Å². The van der Waals surface area contributed by atoms with Crippen molar-refractivity contribution < 1.29 is 4.74 Å². The number of rotatable bonds is 10. The van der Waals surface area contributed by atoms with Crippen molar-refractivity contribution >= 4 is 19.2 Å². The number of imidazole rings is 1. The Morgan fingerprint density at radius 2 is 1.91 bits per heavy atom. The maximum Gasteiger partial charge on any atom is 0.279 e. The van der Waals surface area contributed by atoms with Crippen LogP contribution in [0.4, 0.5) is 0 Å². The largest absolute Gasteiger partial charge is 0.361 e. The van der Waals surface area contributed by atoms with E-state index in [9.17, 15) is 4.79 Å². The molecule has 0 saturated carbocycles. The number of benzene rings is 1. The minimum absolute atomic E-state index is 0.0916. The molecule has 3 heterocycles. The van der Waals surface area contributed by atoms with Gasteiger partial charge in [-0.1, -0.05) is 56.9 Å². The van der Waals surface area contributed by atoms with Crippen LogP contribution in [0.1, 0.15) is 18.9 Å². The summed E-state index contributed by atoms with van der Waals surface area (Å²) in [5, 5.41) is 4.52. The van der Waals surface area contributed by atoms with Gasteiger partial charge in [0.2, 0.25) is 0 Å². The molecule has 0 bridgehead atoms. The highest BCUT2D eigenvalue weighted by molar-refractivity contribution is 6.76. The summed E-state index contributed by atoms with van der Waals surface area (Å²) in [6, 6.07) is 11.2. The van der Waals surface area contributed by atoms with Gasteiger partial charge in [-0.25, -0.2) is 9.97 Å². The van der Waals surface area contributed by atoms with Crippen molar-refractivity contribution in [3.63, 3.8) is 0 Å². The molecule has 0 spiro atoms. The standard InChI is InChI=1S/C24H32N6O2Si/c1-5-11-28-17-25-22-21(24(28)31)30(18-32-12-13-33(2,3)4)23(27-22)20-14-26-29(16-20)15-19-9-7-6-8-10-19/h6-10,14,16-17H,5,11-13,15,18H2,1-4H3. The van der Waals surface area contributed by atoms with Gasteiger partial charge in [0.1, 0.15) is 18.9 Å². The fraction of sp³-hybridized carbons (Fsp3) is 0.417. The molecule has 0 unspecified atom stereocenters. The van der Waals surface area contributed by atoms with Gasteiger partial charge in [0, 0.05) is 27.4 Å².